The lowest BCUT2D eigenvalue weighted by Gasteiger charge is -2.29. The summed E-state index contributed by atoms with van der Waals surface area (Å²) < 4.78 is 16.4. The molecular formula is C21H27N3O4. The first kappa shape index (κ1) is 19.9. The molecule has 1 aromatic carbocycles. The maximum atomic E-state index is 12.6. The fourth-order valence-corrected chi connectivity index (χ4v) is 3.43. The van der Waals surface area contributed by atoms with Gasteiger partial charge in [0, 0.05) is 29.1 Å². The van der Waals surface area contributed by atoms with E-state index in [9.17, 15) is 4.79 Å². The molecule has 0 aliphatic heterocycles. The van der Waals surface area contributed by atoms with Gasteiger partial charge < -0.3 is 19.5 Å². The van der Waals surface area contributed by atoms with Gasteiger partial charge in [0.25, 0.3) is 5.91 Å². The first-order valence-corrected chi connectivity index (χ1v) is 9.49. The summed E-state index contributed by atoms with van der Waals surface area (Å²) in [6.07, 6.45) is 3.47. The van der Waals surface area contributed by atoms with Crippen LogP contribution < -0.4 is 19.5 Å². The molecule has 0 spiro atoms. The Morgan fingerprint density at radius 3 is 2.04 bits per heavy atom. The minimum absolute atomic E-state index is 0.0752. The van der Waals surface area contributed by atoms with Gasteiger partial charge >= 0.3 is 6.01 Å². The minimum atomic E-state index is -0.126. The molecule has 1 aliphatic rings. The van der Waals surface area contributed by atoms with Gasteiger partial charge in [-0.05, 0) is 57.7 Å². The zero-order valence-corrected chi connectivity index (χ0v) is 16.8. The zero-order valence-electron chi connectivity index (χ0n) is 16.8. The average molecular weight is 385 g/mol. The highest BCUT2D eigenvalue weighted by Gasteiger charge is 2.25. The van der Waals surface area contributed by atoms with E-state index in [2.05, 4.69) is 15.3 Å². The molecule has 1 fully saturated rings. The largest absolute Gasteiger partial charge is 0.497 e. The number of nitrogens with zero attached hydrogens (tertiary/aromatic N) is 2. The van der Waals surface area contributed by atoms with Crippen molar-refractivity contribution in [3.63, 3.8) is 0 Å². The van der Waals surface area contributed by atoms with E-state index >= 15 is 0 Å². The molecule has 3 rings (SSSR count). The molecule has 7 heteroatoms. The van der Waals surface area contributed by atoms with Gasteiger partial charge in [-0.1, -0.05) is 0 Å². The molecule has 0 bridgehead atoms. The number of benzene rings is 1. The lowest BCUT2D eigenvalue weighted by Crippen LogP contribution is -2.39. The Morgan fingerprint density at radius 2 is 1.50 bits per heavy atom. The first-order valence-electron chi connectivity index (χ1n) is 9.49. The molecule has 2 aromatic rings. The van der Waals surface area contributed by atoms with E-state index in [0.717, 1.165) is 37.1 Å². The fourth-order valence-electron chi connectivity index (χ4n) is 3.43. The minimum Gasteiger partial charge on any atom is -0.497 e. The van der Waals surface area contributed by atoms with Crippen molar-refractivity contribution in [2.75, 3.05) is 14.2 Å². The number of ether oxygens (including phenoxy) is 3. The van der Waals surface area contributed by atoms with Crippen LogP contribution in [0.15, 0.2) is 24.3 Å². The lowest BCUT2D eigenvalue weighted by atomic mass is 9.92. The Balaban J connectivity index is 1.54. The van der Waals surface area contributed by atoms with E-state index in [-0.39, 0.29) is 18.1 Å². The van der Waals surface area contributed by atoms with Crippen LogP contribution in [0.1, 0.15) is 47.4 Å². The molecule has 1 aromatic heterocycles. The van der Waals surface area contributed by atoms with Crippen molar-refractivity contribution in [3.05, 3.63) is 41.2 Å². The van der Waals surface area contributed by atoms with E-state index in [4.69, 9.17) is 14.2 Å². The number of hydrogen-bond acceptors (Lipinski definition) is 6. The van der Waals surface area contributed by atoms with Crippen LogP contribution in [0.2, 0.25) is 0 Å². The summed E-state index contributed by atoms with van der Waals surface area (Å²) in [7, 11) is 3.13. The third-order valence-electron chi connectivity index (χ3n) is 4.86. The van der Waals surface area contributed by atoms with E-state index in [0.29, 0.717) is 23.1 Å². The summed E-state index contributed by atoms with van der Waals surface area (Å²) in [6, 6.07) is 7.65. The molecule has 150 valence electrons. The topological polar surface area (TPSA) is 82.6 Å². The highest BCUT2D eigenvalue weighted by atomic mass is 16.5. The van der Waals surface area contributed by atoms with Crippen LogP contribution in [0.5, 0.6) is 17.5 Å². The van der Waals surface area contributed by atoms with Crippen molar-refractivity contribution >= 4 is 5.91 Å². The van der Waals surface area contributed by atoms with Crippen molar-refractivity contribution in [1.29, 1.82) is 0 Å². The van der Waals surface area contributed by atoms with Crippen molar-refractivity contribution in [1.82, 2.24) is 15.3 Å². The maximum Gasteiger partial charge on any atom is 0.317 e. The summed E-state index contributed by atoms with van der Waals surface area (Å²) in [5.74, 6) is 1.06. The van der Waals surface area contributed by atoms with Crippen molar-refractivity contribution in [2.45, 2.75) is 51.7 Å². The van der Waals surface area contributed by atoms with Gasteiger partial charge in [0.1, 0.15) is 17.6 Å². The molecule has 0 unspecified atom stereocenters. The van der Waals surface area contributed by atoms with E-state index in [1.807, 2.05) is 19.9 Å². The molecule has 1 aliphatic carbocycles. The quantitative estimate of drug-likeness (QED) is 0.822. The maximum absolute atomic E-state index is 12.6. The van der Waals surface area contributed by atoms with Gasteiger partial charge in [-0.25, -0.2) is 9.97 Å². The first-order chi connectivity index (χ1) is 13.5. The summed E-state index contributed by atoms with van der Waals surface area (Å²) in [6.45, 7) is 3.86. The van der Waals surface area contributed by atoms with Gasteiger partial charge in [0.05, 0.1) is 14.2 Å². The van der Waals surface area contributed by atoms with Crippen LogP contribution in [-0.2, 0) is 0 Å². The summed E-state index contributed by atoms with van der Waals surface area (Å²) in [5.41, 5.74) is 2.33. The van der Waals surface area contributed by atoms with Gasteiger partial charge in [-0.2, -0.15) is 0 Å². The third-order valence-corrected chi connectivity index (χ3v) is 4.86. The Hall–Kier alpha value is -2.83. The smallest absolute Gasteiger partial charge is 0.317 e. The highest BCUT2D eigenvalue weighted by molar-refractivity contribution is 5.95. The Bertz CT molecular complexity index is 790. The number of hydrogen-bond donors (Lipinski definition) is 1. The van der Waals surface area contributed by atoms with E-state index in [1.165, 1.54) is 0 Å². The third kappa shape index (κ3) is 5.12. The average Bonchev–Trinajstić information content (AvgIpc) is 2.68. The molecule has 7 nitrogen and oxygen atoms in total. The Kier molecular flexibility index (Phi) is 6.34. The molecule has 0 atom stereocenters. The van der Waals surface area contributed by atoms with Crippen LogP contribution in [0.3, 0.4) is 0 Å². The number of aryl methyl sites for hydroxylation is 2. The normalized spacial score (nSPS) is 19.0. The standard InChI is InChI=1S/C21H27N3O4/c1-13-9-14(2)23-21(22-13)28-17-7-5-16(6-8-17)24-20(25)15-10-18(26-3)12-19(11-15)27-4/h9-12,16-17H,5-8H2,1-4H3,(H,24,25). The Morgan fingerprint density at radius 1 is 0.929 bits per heavy atom. The Labute approximate surface area is 165 Å². The zero-order chi connectivity index (χ0) is 20.1. The van der Waals surface area contributed by atoms with Crippen LogP contribution in [0, 0.1) is 13.8 Å². The molecule has 28 heavy (non-hydrogen) atoms. The molecular weight excluding hydrogens is 358 g/mol. The van der Waals surface area contributed by atoms with Crippen LogP contribution >= 0.6 is 0 Å². The van der Waals surface area contributed by atoms with Gasteiger partial charge in [0.2, 0.25) is 0 Å². The number of amides is 1. The number of carbonyl (C=O) groups is 1. The van der Waals surface area contributed by atoms with E-state index in [1.54, 1.807) is 32.4 Å². The predicted octanol–water partition coefficient (Wildman–Crippen LogP) is 3.23. The second kappa shape index (κ2) is 8.91. The number of methoxy groups -OCH3 is 2. The molecule has 1 amide bonds. The SMILES string of the molecule is COc1cc(OC)cc(C(=O)NC2CCC(Oc3nc(C)cc(C)n3)CC2)c1. The summed E-state index contributed by atoms with van der Waals surface area (Å²) >= 11 is 0. The van der Waals surface area contributed by atoms with E-state index < -0.39 is 0 Å². The van der Waals surface area contributed by atoms with Gasteiger partial charge in [0.15, 0.2) is 0 Å². The number of nitrogens with one attached hydrogen (secondary N) is 1. The molecule has 0 saturated heterocycles. The number of aromatic nitrogens is 2. The fraction of sp³-hybridized carbons (Fsp3) is 0.476. The summed E-state index contributed by atoms with van der Waals surface area (Å²) in [5, 5.41) is 3.10. The molecule has 1 N–H and O–H groups in total. The van der Waals surface area contributed by atoms with Gasteiger partial charge in [-0.15, -0.1) is 0 Å². The lowest BCUT2D eigenvalue weighted by molar-refractivity contribution is 0.0884. The molecule has 1 saturated carbocycles. The molecule has 0 radical (unpaired) electrons. The monoisotopic (exact) mass is 385 g/mol. The number of carbonyl (C=O) groups excluding carboxylic acids is 1. The summed E-state index contributed by atoms with van der Waals surface area (Å²) in [4.78, 5) is 21.3. The van der Waals surface area contributed by atoms with Crippen molar-refractivity contribution in [2.24, 2.45) is 0 Å². The van der Waals surface area contributed by atoms with Crippen molar-refractivity contribution < 1.29 is 19.0 Å². The van der Waals surface area contributed by atoms with Crippen molar-refractivity contribution in [3.8, 4) is 17.5 Å². The van der Waals surface area contributed by atoms with Gasteiger partial charge in [-0.3, -0.25) is 4.79 Å². The predicted molar refractivity (Wildman–Crippen MR) is 105 cm³/mol. The van der Waals surface area contributed by atoms with Crippen LogP contribution in [0.4, 0.5) is 0 Å². The highest BCUT2D eigenvalue weighted by Crippen LogP contribution is 2.25. The second-order valence-corrected chi connectivity index (χ2v) is 7.10. The van der Waals surface area contributed by atoms with Crippen LogP contribution in [-0.4, -0.2) is 42.2 Å². The van der Waals surface area contributed by atoms with Crippen LogP contribution in [0.25, 0.3) is 0 Å². The molecule has 1 heterocycles. The number of rotatable bonds is 6. The second-order valence-electron chi connectivity index (χ2n) is 7.10.